The molecule has 0 aromatic rings. The van der Waals surface area contributed by atoms with Gasteiger partial charge in [0.05, 0.1) is 12.6 Å². The van der Waals surface area contributed by atoms with Gasteiger partial charge in [0.1, 0.15) is 6.04 Å². The Hall–Kier alpha value is -1.83. The van der Waals surface area contributed by atoms with Gasteiger partial charge in [0, 0.05) is 33.7 Å². The lowest BCUT2D eigenvalue weighted by Gasteiger charge is -2.22. The quantitative estimate of drug-likeness (QED) is 0.700. The SMILES string of the molecule is CCN(C)C(=O)CNC(=O)N1CC(OC)CC1C(=O)O. The van der Waals surface area contributed by atoms with Gasteiger partial charge in [0.2, 0.25) is 5.91 Å². The van der Waals surface area contributed by atoms with Gasteiger partial charge in [-0.1, -0.05) is 0 Å². The zero-order chi connectivity index (χ0) is 15.3. The van der Waals surface area contributed by atoms with Gasteiger partial charge in [-0.25, -0.2) is 9.59 Å². The van der Waals surface area contributed by atoms with Gasteiger partial charge in [0.25, 0.3) is 0 Å². The number of nitrogens with one attached hydrogen (secondary N) is 1. The van der Waals surface area contributed by atoms with E-state index in [0.717, 1.165) is 0 Å². The van der Waals surface area contributed by atoms with Crippen LogP contribution in [0.2, 0.25) is 0 Å². The molecule has 0 bridgehead atoms. The van der Waals surface area contributed by atoms with E-state index >= 15 is 0 Å². The van der Waals surface area contributed by atoms with Crippen LogP contribution in [0.15, 0.2) is 0 Å². The number of carboxylic acids is 1. The standard InChI is InChI=1S/C12H21N3O5/c1-4-14(2)10(16)6-13-12(19)15-7-8(20-3)5-9(15)11(17)18/h8-9H,4-7H2,1-3H3,(H,13,19)(H,17,18). The Bertz CT molecular complexity index is 387. The summed E-state index contributed by atoms with van der Waals surface area (Å²) in [6, 6.07) is -1.48. The Labute approximate surface area is 117 Å². The van der Waals surface area contributed by atoms with E-state index in [-0.39, 0.29) is 31.5 Å². The third-order valence-corrected chi connectivity index (χ3v) is 3.43. The van der Waals surface area contributed by atoms with Crippen molar-refractivity contribution in [3.05, 3.63) is 0 Å². The van der Waals surface area contributed by atoms with Crippen LogP contribution < -0.4 is 5.32 Å². The third kappa shape index (κ3) is 3.83. The van der Waals surface area contributed by atoms with Gasteiger partial charge in [-0.2, -0.15) is 0 Å². The predicted octanol–water partition coefficient (Wildman–Crippen LogP) is -0.652. The molecular weight excluding hydrogens is 266 g/mol. The maximum absolute atomic E-state index is 12.0. The maximum atomic E-state index is 12.0. The average Bonchev–Trinajstić information content (AvgIpc) is 2.87. The minimum Gasteiger partial charge on any atom is -0.480 e. The van der Waals surface area contributed by atoms with Gasteiger partial charge in [-0.3, -0.25) is 4.79 Å². The van der Waals surface area contributed by atoms with E-state index in [1.165, 1.54) is 16.9 Å². The Morgan fingerprint density at radius 1 is 1.45 bits per heavy atom. The minimum atomic E-state index is -1.07. The second-order valence-corrected chi connectivity index (χ2v) is 4.67. The van der Waals surface area contributed by atoms with E-state index < -0.39 is 18.0 Å². The van der Waals surface area contributed by atoms with E-state index in [1.54, 1.807) is 7.05 Å². The third-order valence-electron chi connectivity index (χ3n) is 3.43. The topological polar surface area (TPSA) is 99.2 Å². The second kappa shape index (κ2) is 7.09. The molecular formula is C12H21N3O5. The minimum absolute atomic E-state index is 0.149. The fourth-order valence-corrected chi connectivity index (χ4v) is 1.99. The number of carbonyl (C=O) groups is 3. The van der Waals surface area contributed by atoms with Crippen LogP contribution in [0.3, 0.4) is 0 Å². The van der Waals surface area contributed by atoms with E-state index in [0.29, 0.717) is 6.54 Å². The Balaban J connectivity index is 2.57. The van der Waals surface area contributed by atoms with Crippen LogP contribution in [0.4, 0.5) is 4.79 Å². The number of hydrogen-bond donors (Lipinski definition) is 2. The molecule has 2 unspecified atom stereocenters. The van der Waals surface area contributed by atoms with E-state index in [1.807, 2.05) is 6.92 Å². The van der Waals surface area contributed by atoms with E-state index in [9.17, 15) is 14.4 Å². The van der Waals surface area contributed by atoms with Gasteiger partial charge >= 0.3 is 12.0 Å². The number of nitrogens with zero attached hydrogens (tertiary/aromatic N) is 2. The number of ether oxygens (including phenoxy) is 1. The van der Waals surface area contributed by atoms with Crippen LogP contribution in [0.1, 0.15) is 13.3 Å². The van der Waals surface area contributed by atoms with Crippen molar-refractivity contribution < 1.29 is 24.2 Å². The highest BCUT2D eigenvalue weighted by molar-refractivity contribution is 5.87. The highest BCUT2D eigenvalue weighted by Gasteiger charge is 2.39. The number of amides is 3. The number of hydrogen-bond acceptors (Lipinski definition) is 4. The molecule has 1 fully saturated rings. The van der Waals surface area contributed by atoms with E-state index in [4.69, 9.17) is 9.84 Å². The van der Waals surface area contributed by atoms with Crippen molar-refractivity contribution in [1.82, 2.24) is 15.1 Å². The summed E-state index contributed by atoms with van der Waals surface area (Å²) in [6.45, 7) is 2.42. The highest BCUT2D eigenvalue weighted by atomic mass is 16.5. The van der Waals surface area contributed by atoms with Crippen molar-refractivity contribution in [3.8, 4) is 0 Å². The van der Waals surface area contributed by atoms with Gasteiger partial charge in [0.15, 0.2) is 0 Å². The molecule has 1 aliphatic rings. The molecule has 0 aliphatic carbocycles. The van der Waals surface area contributed by atoms with Crippen molar-refractivity contribution >= 4 is 17.9 Å². The van der Waals surface area contributed by atoms with Crippen LogP contribution >= 0.6 is 0 Å². The number of likely N-dealkylation sites (tertiary alicyclic amines) is 1. The molecule has 2 N–H and O–H groups in total. The smallest absolute Gasteiger partial charge is 0.326 e. The molecule has 1 rings (SSSR count). The number of carboxylic acid groups (broad SMARTS) is 1. The molecule has 1 aliphatic heterocycles. The van der Waals surface area contributed by atoms with Crippen LogP contribution in [0.5, 0.6) is 0 Å². The monoisotopic (exact) mass is 287 g/mol. The summed E-state index contributed by atoms with van der Waals surface area (Å²) >= 11 is 0. The van der Waals surface area contributed by atoms with Crippen LogP contribution in [0, 0.1) is 0 Å². The number of likely N-dealkylation sites (N-methyl/N-ethyl adjacent to an activating group) is 1. The molecule has 3 amide bonds. The zero-order valence-corrected chi connectivity index (χ0v) is 12.0. The van der Waals surface area contributed by atoms with Crippen LogP contribution in [0.25, 0.3) is 0 Å². The Morgan fingerprint density at radius 2 is 2.10 bits per heavy atom. The molecule has 0 aromatic carbocycles. The van der Waals surface area contributed by atoms with Gasteiger partial charge < -0.3 is 25.0 Å². The lowest BCUT2D eigenvalue weighted by molar-refractivity contribution is -0.141. The Kier molecular flexibility index (Phi) is 5.75. The molecule has 1 heterocycles. The second-order valence-electron chi connectivity index (χ2n) is 4.67. The number of rotatable bonds is 5. The lowest BCUT2D eigenvalue weighted by Crippen LogP contribution is -2.48. The summed E-state index contributed by atoms with van der Waals surface area (Å²) < 4.78 is 5.09. The number of methoxy groups -OCH3 is 1. The normalized spacial score (nSPS) is 21.6. The first-order valence-corrected chi connectivity index (χ1v) is 6.44. The number of carbonyl (C=O) groups excluding carboxylic acids is 2. The molecule has 0 aromatic heterocycles. The van der Waals surface area contributed by atoms with Crippen molar-refractivity contribution in [2.24, 2.45) is 0 Å². The van der Waals surface area contributed by atoms with Gasteiger partial charge in [-0.15, -0.1) is 0 Å². The van der Waals surface area contributed by atoms with E-state index in [2.05, 4.69) is 5.32 Å². The summed E-state index contributed by atoms with van der Waals surface area (Å²) in [5.74, 6) is -1.30. The average molecular weight is 287 g/mol. The molecule has 20 heavy (non-hydrogen) atoms. The summed E-state index contributed by atoms with van der Waals surface area (Å²) in [5, 5.41) is 11.5. The predicted molar refractivity (Wildman–Crippen MR) is 70.3 cm³/mol. The van der Waals surface area contributed by atoms with Crippen molar-refractivity contribution in [2.75, 3.05) is 33.8 Å². The zero-order valence-electron chi connectivity index (χ0n) is 12.0. The van der Waals surface area contributed by atoms with Crippen molar-refractivity contribution in [3.63, 3.8) is 0 Å². The molecule has 0 radical (unpaired) electrons. The fraction of sp³-hybridized carbons (Fsp3) is 0.750. The molecule has 114 valence electrons. The first-order chi connectivity index (χ1) is 9.40. The highest BCUT2D eigenvalue weighted by Crippen LogP contribution is 2.20. The van der Waals surface area contributed by atoms with Crippen molar-refractivity contribution in [1.29, 1.82) is 0 Å². The summed E-state index contributed by atoms with van der Waals surface area (Å²) in [7, 11) is 3.11. The first-order valence-electron chi connectivity index (χ1n) is 6.44. The fourth-order valence-electron chi connectivity index (χ4n) is 1.99. The number of aliphatic carboxylic acids is 1. The molecule has 0 saturated carbocycles. The lowest BCUT2D eigenvalue weighted by atomic mass is 10.2. The summed E-state index contributed by atoms with van der Waals surface area (Å²) in [6.07, 6.45) is -0.0434. The number of urea groups is 1. The summed E-state index contributed by atoms with van der Waals surface area (Å²) in [4.78, 5) is 37.3. The summed E-state index contributed by atoms with van der Waals surface area (Å²) in [5.41, 5.74) is 0. The molecule has 8 heteroatoms. The maximum Gasteiger partial charge on any atom is 0.326 e. The van der Waals surface area contributed by atoms with Crippen LogP contribution in [-0.2, 0) is 14.3 Å². The molecule has 8 nitrogen and oxygen atoms in total. The Morgan fingerprint density at radius 3 is 2.60 bits per heavy atom. The van der Waals surface area contributed by atoms with Crippen LogP contribution in [-0.4, -0.2) is 78.8 Å². The molecule has 0 spiro atoms. The largest absolute Gasteiger partial charge is 0.480 e. The first kappa shape index (κ1) is 16.2. The molecule has 2 atom stereocenters. The molecule has 1 saturated heterocycles. The van der Waals surface area contributed by atoms with Crippen molar-refractivity contribution in [2.45, 2.75) is 25.5 Å². The van der Waals surface area contributed by atoms with Gasteiger partial charge in [-0.05, 0) is 6.92 Å².